The van der Waals surface area contributed by atoms with Crippen molar-refractivity contribution in [3.8, 4) is 11.4 Å². The minimum absolute atomic E-state index is 0.0612. The number of carboxylic acid groups (broad SMARTS) is 1. The zero-order chi connectivity index (χ0) is 36.8. The average Bonchev–Trinajstić information content (AvgIpc) is 3.46. The molecule has 3 aromatic carbocycles. The van der Waals surface area contributed by atoms with Crippen molar-refractivity contribution in [2.24, 2.45) is 0 Å². The molecule has 14 heteroatoms. The summed E-state index contributed by atoms with van der Waals surface area (Å²) in [6.07, 6.45) is 3.95. The Morgan fingerprint density at radius 2 is 1.72 bits per heavy atom. The number of methoxy groups -OCH3 is 1. The van der Waals surface area contributed by atoms with Gasteiger partial charge in [0, 0.05) is 34.8 Å². The molecule has 50 heavy (non-hydrogen) atoms. The third kappa shape index (κ3) is 9.82. The van der Waals surface area contributed by atoms with Crippen LogP contribution in [0.15, 0.2) is 65.7 Å². The normalized spacial score (nSPS) is 13.3. The Morgan fingerprint density at radius 1 is 1.02 bits per heavy atom. The summed E-state index contributed by atoms with van der Waals surface area (Å²) in [5.41, 5.74) is 2.46. The van der Waals surface area contributed by atoms with Crippen LogP contribution in [0, 0.1) is 11.6 Å². The molecule has 1 aromatic heterocycles. The van der Waals surface area contributed by atoms with E-state index in [9.17, 15) is 22.7 Å². The minimum Gasteiger partial charge on any atom is -0.495 e. The second-order valence-electron chi connectivity index (χ2n) is 13.2. The summed E-state index contributed by atoms with van der Waals surface area (Å²) in [6, 6.07) is 12.1. The molecule has 270 valence electrons. The van der Waals surface area contributed by atoms with Crippen LogP contribution >= 0.6 is 23.2 Å². The van der Waals surface area contributed by atoms with Crippen LogP contribution < -0.4 is 9.46 Å². The number of sulfonamides is 1. The molecule has 4 aromatic rings. The maximum atomic E-state index is 15.6. The summed E-state index contributed by atoms with van der Waals surface area (Å²) in [7, 11) is 3.17. The molecular formula is C36H43Cl2F2N4O5S+. The van der Waals surface area contributed by atoms with Crippen molar-refractivity contribution >= 4 is 39.2 Å². The van der Waals surface area contributed by atoms with E-state index in [1.165, 1.54) is 19.2 Å². The van der Waals surface area contributed by atoms with Gasteiger partial charge in [-0.1, -0.05) is 36.2 Å². The Bertz CT molecular complexity index is 1890. The minimum atomic E-state index is -4.41. The van der Waals surface area contributed by atoms with Gasteiger partial charge in [0.25, 0.3) is 0 Å². The van der Waals surface area contributed by atoms with Gasteiger partial charge in [-0.05, 0) is 86.2 Å². The highest BCUT2D eigenvalue weighted by atomic mass is 35.5. The van der Waals surface area contributed by atoms with Crippen LogP contribution in [0.3, 0.4) is 0 Å². The third-order valence-corrected chi connectivity index (χ3v) is 10.6. The molecule has 0 aliphatic heterocycles. The maximum absolute atomic E-state index is 15.6. The lowest BCUT2D eigenvalue weighted by Gasteiger charge is -2.24. The SMILES string of the molecule is CCC(c1ccc(Cl)c(OC)c1)c1cnc(CCc2c(F)cc(S(=O)(=O)NC(CCCC[N+](C)(C)C)C(=O)O)cc2Cl)n1-c1ccc(F)cc1. The van der Waals surface area contributed by atoms with Crippen molar-refractivity contribution in [3.63, 3.8) is 0 Å². The number of halogens is 4. The number of benzene rings is 3. The second kappa shape index (κ2) is 16.6. The van der Waals surface area contributed by atoms with Gasteiger partial charge in [-0.3, -0.25) is 4.79 Å². The lowest BCUT2D eigenvalue weighted by Crippen LogP contribution is -2.41. The molecule has 2 atom stereocenters. The number of nitrogens with zero attached hydrogens (tertiary/aromatic N) is 3. The zero-order valence-electron chi connectivity index (χ0n) is 28.7. The Labute approximate surface area is 302 Å². The lowest BCUT2D eigenvalue weighted by molar-refractivity contribution is -0.870. The summed E-state index contributed by atoms with van der Waals surface area (Å²) >= 11 is 12.8. The maximum Gasteiger partial charge on any atom is 0.321 e. The number of aliphatic carboxylic acids is 1. The first kappa shape index (κ1) is 39.2. The van der Waals surface area contributed by atoms with E-state index in [1.54, 1.807) is 24.4 Å². The number of quaternary nitrogens is 1. The van der Waals surface area contributed by atoms with E-state index in [4.69, 9.17) is 27.9 Å². The first-order valence-electron chi connectivity index (χ1n) is 16.2. The van der Waals surface area contributed by atoms with Gasteiger partial charge < -0.3 is 18.9 Å². The molecule has 2 unspecified atom stereocenters. The highest BCUT2D eigenvalue weighted by molar-refractivity contribution is 7.89. The number of carboxylic acids is 1. The molecule has 0 amide bonds. The topological polar surface area (TPSA) is 111 Å². The standard InChI is InChI=1S/C36H42Cl2F2N4O5S/c1-6-27(23-10-16-29(37)34(19-23)49-5)33-22-41-35(43(33)25-13-11-24(39)12-14-25)17-15-28-30(38)20-26(21-31(28)40)50(47,48)42-32(36(45)46)9-7-8-18-44(2,3)4/h10-14,16,19-22,27,32,42H,6-9,15,17-18H2,1-5H3/p+1. The van der Waals surface area contributed by atoms with Crippen LogP contribution in [0.5, 0.6) is 5.75 Å². The molecule has 0 radical (unpaired) electrons. The number of aromatic nitrogens is 2. The number of aryl methyl sites for hydroxylation is 1. The number of imidazole rings is 1. The highest BCUT2D eigenvalue weighted by Crippen LogP contribution is 2.36. The quantitative estimate of drug-likeness (QED) is 0.0860. The molecular weight excluding hydrogens is 709 g/mol. The van der Waals surface area contributed by atoms with E-state index in [0.717, 1.165) is 29.9 Å². The number of rotatable bonds is 17. The molecule has 0 saturated heterocycles. The van der Waals surface area contributed by atoms with Gasteiger partial charge in [-0.2, -0.15) is 4.72 Å². The van der Waals surface area contributed by atoms with Crippen molar-refractivity contribution in [1.29, 1.82) is 0 Å². The second-order valence-corrected chi connectivity index (χ2v) is 15.7. The van der Waals surface area contributed by atoms with Crippen LogP contribution in [0.1, 0.15) is 61.2 Å². The van der Waals surface area contributed by atoms with Crippen LogP contribution in [0.25, 0.3) is 5.69 Å². The molecule has 0 saturated carbocycles. The van der Waals surface area contributed by atoms with Gasteiger partial charge in [0.1, 0.15) is 29.3 Å². The number of hydrogen-bond acceptors (Lipinski definition) is 5. The predicted octanol–water partition coefficient (Wildman–Crippen LogP) is 7.40. The van der Waals surface area contributed by atoms with Crippen molar-refractivity contribution in [2.45, 2.75) is 62.3 Å². The summed E-state index contributed by atoms with van der Waals surface area (Å²) in [5.74, 6) is -1.66. The molecule has 0 aliphatic carbocycles. The van der Waals surface area contributed by atoms with E-state index >= 15 is 4.39 Å². The Balaban J connectivity index is 1.60. The van der Waals surface area contributed by atoms with Gasteiger partial charge in [0.05, 0.1) is 50.4 Å². The monoisotopic (exact) mass is 751 g/mol. The lowest BCUT2D eigenvalue weighted by atomic mass is 9.93. The summed E-state index contributed by atoms with van der Waals surface area (Å²) in [4.78, 5) is 16.1. The zero-order valence-corrected chi connectivity index (χ0v) is 31.0. The van der Waals surface area contributed by atoms with Crippen molar-refractivity contribution in [3.05, 3.63) is 105 Å². The average molecular weight is 753 g/mol. The fourth-order valence-electron chi connectivity index (χ4n) is 5.86. The van der Waals surface area contributed by atoms with Crippen LogP contribution in [0.2, 0.25) is 10.0 Å². The van der Waals surface area contributed by atoms with Crippen molar-refractivity contribution < 1.29 is 36.3 Å². The molecule has 0 aliphatic rings. The molecule has 0 spiro atoms. The van der Waals surface area contributed by atoms with Gasteiger partial charge in [-0.25, -0.2) is 22.2 Å². The van der Waals surface area contributed by atoms with Crippen LogP contribution in [-0.4, -0.2) is 74.4 Å². The van der Waals surface area contributed by atoms with Crippen molar-refractivity contribution in [1.82, 2.24) is 14.3 Å². The van der Waals surface area contributed by atoms with E-state index in [1.807, 2.05) is 44.8 Å². The van der Waals surface area contributed by atoms with Gasteiger partial charge >= 0.3 is 5.97 Å². The first-order valence-corrected chi connectivity index (χ1v) is 18.5. The van der Waals surface area contributed by atoms with Gasteiger partial charge in [-0.15, -0.1) is 0 Å². The fraction of sp³-hybridized carbons (Fsp3) is 0.389. The van der Waals surface area contributed by atoms with Gasteiger partial charge in [0.15, 0.2) is 0 Å². The number of unbranched alkanes of at least 4 members (excludes halogenated alkanes) is 1. The number of nitrogens with one attached hydrogen (secondary N) is 1. The van der Waals surface area contributed by atoms with E-state index in [2.05, 4.69) is 9.71 Å². The molecule has 0 fully saturated rings. The number of ether oxygens (including phenoxy) is 1. The van der Waals surface area contributed by atoms with Crippen LogP contribution in [0.4, 0.5) is 8.78 Å². The largest absolute Gasteiger partial charge is 0.495 e. The Hall–Kier alpha value is -3.55. The highest BCUT2D eigenvalue weighted by Gasteiger charge is 2.28. The number of hydrogen-bond donors (Lipinski definition) is 2. The van der Waals surface area contributed by atoms with Crippen molar-refractivity contribution in [2.75, 3.05) is 34.8 Å². The van der Waals surface area contributed by atoms with Crippen LogP contribution in [-0.2, 0) is 27.7 Å². The summed E-state index contributed by atoms with van der Waals surface area (Å²) in [6.45, 7) is 2.82. The first-order chi connectivity index (χ1) is 23.5. The number of carbonyl (C=O) groups is 1. The fourth-order valence-corrected chi connectivity index (χ4v) is 7.68. The van der Waals surface area contributed by atoms with E-state index in [0.29, 0.717) is 46.0 Å². The van der Waals surface area contributed by atoms with Gasteiger partial charge in [0.2, 0.25) is 10.0 Å². The smallest absolute Gasteiger partial charge is 0.321 e. The predicted molar refractivity (Wildman–Crippen MR) is 191 cm³/mol. The summed E-state index contributed by atoms with van der Waals surface area (Å²) in [5, 5.41) is 10.0. The molecule has 2 N–H and O–H groups in total. The molecule has 0 bridgehead atoms. The molecule has 1 heterocycles. The van der Waals surface area contributed by atoms with E-state index < -0.39 is 38.6 Å². The summed E-state index contributed by atoms with van der Waals surface area (Å²) < 4.78 is 66.1. The third-order valence-electron chi connectivity index (χ3n) is 8.48. The molecule has 4 rings (SSSR count). The van der Waals surface area contributed by atoms with E-state index in [-0.39, 0.29) is 35.8 Å². The Morgan fingerprint density at radius 3 is 2.32 bits per heavy atom. The molecule has 9 nitrogen and oxygen atoms in total. The Kier molecular flexibility index (Phi) is 13.1.